The minimum atomic E-state index is -5.03. The van der Waals surface area contributed by atoms with E-state index in [1.54, 1.807) is 20.8 Å². The lowest BCUT2D eigenvalue weighted by molar-refractivity contribution is -0.297. The van der Waals surface area contributed by atoms with Gasteiger partial charge in [0.1, 0.15) is 0 Å². The number of aliphatic hydroxyl groups is 1. The Bertz CT molecular complexity index is 388. The minimum Gasteiger partial charge on any atom is -0.362 e. The fraction of sp³-hybridized carbons (Fsp3) is 0.778. The first kappa shape index (κ1) is 14.7. The van der Waals surface area contributed by atoms with Crippen LogP contribution in [0.15, 0.2) is 5.10 Å². The van der Waals surface area contributed by atoms with E-state index in [4.69, 9.17) is 5.84 Å². The molecule has 0 aromatic heterocycles. The number of alkyl halides is 3. The molecule has 4 N–H and O–H groups in total. The summed E-state index contributed by atoms with van der Waals surface area (Å²) in [6.45, 7) is 4.89. The quantitative estimate of drug-likeness (QED) is 0.347. The van der Waals surface area contributed by atoms with Gasteiger partial charge in [-0.2, -0.15) is 23.3 Å². The van der Waals surface area contributed by atoms with Gasteiger partial charge in [-0.25, -0.2) is 10.6 Å². The van der Waals surface area contributed by atoms with Crippen molar-refractivity contribution in [3.05, 3.63) is 0 Å². The fourth-order valence-electron chi connectivity index (χ4n) is 1.46. The number of carbonyl (C=O) groups is 1. The number of rotatable bonds is 0. The molecular formula is C9H15F3N4O2. The van der Waals surface area contributed by atoms with Crippen molar-refractivity contribution in [3.8, 4) is 0 Å². The third-order valence-corrected chi connectivity index (χ3v) is 2.62. The molecule has 1 aliphatic heterocycles. The smallest absolute Gasteiger partial charge is 0.362 e. The Morgan fingerprint density at radius 1 is 1.50 bits per heavy atom. The topological polar surface area (TPSA) is 91.0 Å². The highest BCUT2D eigenvalue weighted by Crippen LogP contribution is 2.42. The second-order valence-corrected chi connectivity index (χ2v) is 5.05. The largest absolute Gasteiger partial charge is 0.438 e. The zero-order valence-electron chi connectivity index (χ0n) is 10.2. The number of urea groups is 1. The first-order valence-corrected chi connectivity index (χ1v) is 5.11. The minimum absolute atomic E-state index is 0.0610. The summed E-state index contributed by atoms with van der Waals surface area (Å²) in [6, 6.07) is -1.32. The summed E-state index contributed by atoms with van der Waals surface area (Å²) < 4.78 is 38.6. The lowest BCUT2D eigenvalue weighted by Gasteiger charge is -2.32. The maximum absolute atomic E-state index is 12.9. The number of amides is 2. The summed E-state index contributed by atoms with van der Waals surface area (Å²) in [6.07, 6.45) is -5.83. The zero-order valence-corrected chi connectivity index (χ0v) is 10.2. The maximum atomic E-state index is 12.9. The number of halogens is 3. The van der Waals surface area contributed by atoms with Crippen LogP contribution in [0.25, 0.3) is 0 Å². The van der Waals surface area contributed by atoms with Crippen LogP contribution in [-0.2, 0) is 0 Å². The summed E-state index contributed by atoms with van der Waals surface area (Å²) >= 11 is 0. The number of hydrogen-bond acceptors (Lipinski definition) is 4. The van der Waals surface area contributed by atoms with Gasteiger partial charge in [-0.05, 0) is 0 Å². The van der Waals surface area contributed by atoms with Crippen LogP contribution in [0.3, 0.4) is 0 Å². The van der Waals surface area contributed by atoms with Crippen LogP contribution in [-0.4, -0.2) is 33.8 Å². The third-order valence-electron chi connectivity index (χ3n) is 2.62. The molecule has 104 valence electrons. The molecule has 6 nitrogen and oxygen atoms in total. The maximum Gasteiger partial charge on any atom is 0.438 e. The van der Waals surface area contributed by atoms with Gasteiger partial charge in [-0.15, -0.1) is 0 Å². The van der Waals surface area contributed by atoms with E-state index >= 15 is 0 Å². The van der Waals surface area contributed by atoms with Gasteiger partial charge in [0.05, 0.1) is 0 Å². The molecule has 0 spiro atoms. The number of carbonyl (C=O) groups excluding carboxylic acids is 1. The van der Waals surface area contributed by atoms with Gasteiger partial charge in [0.25, 0.3) is 5.72 Å². The molecule has 1 rings (SSSR count). The van der Waals surface area contributed by atoms with Crippen molar-refractivity contribution >= 4 is 11.7 Å². The molecule has 18 heavy (non-hydrogen) atoms. The Hall–Kier alpha value is -1.35. The third kappa shape index (κ3) is 2.27. The van der Waals surface area contributed by atoms with Crippen LogP contribution in [0.1, 0.15) is 27.2 Å². The predicted molar refractivity (Wildman–Crippen MR) is 57.1 cm³/mol. The lowest BCUT2D eigenvalue weighted by Crippen LogP contribution is -2.59. The van der Waals surface area contributed by atoms with Crippen molar-refractivity contribution in [3.63, 3.8) is 0 Å². The van der Waals surface area contributed by atoms with E-state index < -0.39 is 29.8 Å². The van der Waals surface area contributed by atoms with Crippen LogP contribution < -0.4 is 11.3 Å². The highest BCUT2D eigenvalue weighted by molar-refractivity contribution is 5.93. The SMILES string of the molecule is CC(C)(C)C1=NN(C(=O)NN)C(O)(C(F)(F)F)C1. The van der Waals surface area contributed by atoms with Gasteiger partial charge in [0.2, 0.25) is 0 Å². The highest BCUT2D eigenvalue weighted by atomic mass is 19.4. The molecule has 1 atom stereocenters. The Balaban J connectivity index is 3.21. The van der Waals surface area contributed by atoms with Crippen molar-refractivity contribution in [1.82, 2.24) is 10.4 Å². The van der Waals surface area contributed by atoms with E-state index in [1.165, 1.54) is 5.43 Å². The monoisotopic (exact) mass is 268 g/mol. The van der Waals surface area contributed by atoms with Gasteiger partial charge in [-0.3, -0.25) is 5.43 Å². The Morgan fingerprint density at radius 3 is 2.33 bits per heavy atom. The molecule has 0 aromatic carbocycles. The lowest BCUT2D eigenvalue weighted by atomic mass is 9.86. The first-order valence-electron chi connectivity index (χ1n) is 5.11. The van der Waals surface area contributed by atoms with E-state index in [1.807, 2.05) is 0 Å². The molecule has 0 aromatic rings. The molecule has 0 saturated carbocycles. The Morgan fingerprint density at radius 2 is 2.00 bits per heavy atom. The molecular weight excluding hydrogens is 253 g/mol. The highest BCUT2D eigenvalue weighted by Gasteiger charge is 2.64. The van der Waals surface area contributed by atoms with Crippen molar-refractivity contribution in [2.24, 2.45) is 16.4 Å². The number of hydrazone groups is 1. The Labute approximate surface area is 102 Å². The van der Waals surface area contributed by atoms with Crippen LogP contribution in [0, 0.1) is 5.41 Å². The van der Waals surface area contributed by atoms with Crippen molar-refractivity contribution in [2.75, 3.05) is 0 Å². The summed E-state index contributed by atoms with van der Waals surface area (Å²) in [5, 5.41) is 13.2. The van der Waals surface area contributed by atoms with E-state index in [0.717, 1.165) is 0 Å². The molecule has 0 aliphatic carbocycles. The van der Waals surface area contributed by atoms with E-state index in [9.17, 15) is 23.1 Å². The molecule has 1 unspecified atom stereocenters. The van der Waals surface area contributed by atoms with Crippen LogP contribution in [0.5, 0.6) is 0 Å². The second-order valence-electron chi connectivity index (χ2n) is 5.05. The summed E-state index contributed by atoms with van der Waals surface area (Å²) in [7, 11) is 0. The van der Waals surface area contributed by atoms with Gasteiger partial charge >= 0.3 is 12.2 Å². The van der Waals surface area contributed by atoms with Crippen LogP contribution in [0.2, 0.25) is 0 Å². The normalized spacial score (nSPS) is 25.1. The summed E-state index contributed by atoms with van der Waals surface area (Å²) in [5.74, 6) is 4.78. The van der Waals surface area contributed by atoms with Gasteiger partial charge in [0, 0.05) is 17.5 Å². The molecule has 2 amide bonds. The average Bonchev–Trinajstić information content (AvgIpc) is 2.55. The standard InChI is InChI=1S/C9H15F3N4O2/c1-7(2,3)5-4-8(18,9(10,11)12)16(15-5)6(17)14-13/h18H,4,13H2,1-3H3,(H,14,17). The molecule has 0 fully saturated rings. The number of nitrogens with zero attached hydrogens (tertiary/aromatic N) is 2. The van der Waals surface area contributed by atoms with Crippen molar-refractivity contribution in [1.29, 1.82) is 0 Å². The summed E-state index contributed by atoms with van der Waals surface area (Å²) in [4.78, 5) is 11.3. The van der Waals surface area contributed by atoms with E-state index in [2.05, 4.69) is 5.10 Å². The fourth-order valence-corrected chi connectivity index (χ4v) is 1.46. The average molecular weight is 268 g/mol. The van der Waals surface area contributed by atoms with Crippen LogP contribution in [0.4, 0.5) is 18.0 Å². The Kier molecular flexibility index (Phi) is 3.34. The molecule has 0 bridgehead atoms. The number of hydrazine groups is 1. The molecule has 9 heteroatoms. The summed E-state index contributed by atoms with van der Waals surface area (Å²) in [5.41, 5.74) is -2.48. The zero-order chi connectivity index (χ0) is 14.4. The van der Waals surface area contributed by atoms with Gasteiger partial charge < -0.3 is 5.11 Å². The molecule has 1 aliphatic rings. The second kappa shape index (κ2) is 4.09. The van der Waals surface area contributed by atoms with Crippen LogP contribution >= 0.6 is 0 Å². The number of nitrogens with two attached hydrogens (primary N) is 1. The first-order chi connectivity index (χ1) is 7.93. The molecule has 0 radical (unpaired) electrons. The van der Waals surface area contributed by atoms with Gasteiger partial charge in [-0.1, -0.05) is 20.8 Å². The number of hydrogen-bond donors (Lipinski definition) is 3. The van der Waals surface area contributed by atoms with Crippen molar-refractivity contribution < 1.29 is 23.1 Å². The predicted octanol–water partition coefficient (Wildman–Crippen LogP) is 0.928. The molecule has 1 heterocycles. The number of nitrogens with one attached hydrogen (secondary N) is 1. The van der Waals surface area contributed by atoms with Crippen molar-refractivity contribution in [2.45, 2.75) is 39.1 Å². The molecule has 0 saturated heterocycles. The van der Waals surface area contributed by atoms with Gasteiger partial charge in [0.15, 0.2) is 0 Å². The van der Waals surface area contributed by atoms with E-state index in [0.29, 0.717) is 0 Å². The van der Waals surface area contributed by atoms with E-state index in [-0.39, 0.29) is 10.7 Å².